The standard InChI is InChI=1S/C12H20N2O/c1-2-12(15)14-8-5-10(6-9-14)11-4-3-7-13-11/h2,10-11,13H,1,3-9H2. The van der Waals surface area contributed by atoms with Crippen LogP contribution in [-0.2, 0) is 4.79 Å². The smallest absolute Gasteiger partial charge is 0.245 e. The van der Waals surface area contributed by atoms with Crippen molar-refractivity contribution < 1.29 is 4.79 Å². The molecular formula is C12H20N2O. The molecule has 0 radical (unpaired) electrons. The molecular weight excluding hydrogens is 188 g/mol. The molecule has 1 N–H and O–H groups in total. The summed E-state index contributed by atoms with van der Waals surface area (Å²) in [5.74, 6) is 0.870. The second-order valence-electron chi connectivity index (χ2n) is 4.57. The van der Waals surface area contributed by atoms with Crippen LogP contribution >= 0.6 is 0 Å². The molecule has 0 aromatic rings. The Balaban J connectivity index is 1.81. The number of rotatable bonds is 2. The van der Waals surface area contributed by atoms with Crippen LogP contribution in [0.2, 0.25) is 0 Å². The molecule has 0 aromatic carbocycles. The van der Waals surface area contributed by atoms with Crippen molar-refractivity contribution in [1.29, 1.82) is 0 Å². The van der Waals surface area contributed by atoms with Crippen molar-refractivity contribution in [3.8, 4) is 0 Å². The van der Waals surface area contributed by atoms with E-state index >= 15 is 0 Å². The molecule has 2 aliphatic rings. The zero-order chi connectivity index (χ0) is 10.7. The molecule has 0 saturated carbocycles. The second-order valence-corrected chi connectivity index (χ2v) is 4.57. The maximum Gasteiger partial charge on any atom is 0.245 e. The Morgan fingerprint density at radius 2 is 2.07 bits per heavy atom. The molecule has 0 bridgehead atoms. The normalized spacial score (nSPS) is 28.0. The number of likely N-dealkylation sites (tertiary alicyclic amines) is 1. The lowest BCUT2D eigenvalue weighted by Crippen LogP contribution is -2.42. The number of amides is 1. The molecule has 0 spiro atoms. The van der Waals surface area contributed by atoms with Gasteiger partial charge in [-0.25, -0.2) is 0 Å². The average Bonchev–Trinajstić information content (AvgIpc) is 2.82. The molecule has 2 rings (SSSR count). The van der Waals surface area contributed by atoms with E-state index in [-0.39, 0.29) is 5.91 Å². The number of carbonyl (C=O) groups excluding carboxylic acids is 1. The van der Waals surface area contributed by atoms with Crippen molar-refractivity contribution in [3.63, 3.8) is 0 Å². The van der Waals surface area contributed by atoms with E-state index in [1.807, 2.05) is 4.90 Å². The quantitative estimate of drug-likeness (QED) is 0.691. The monoisotopic (exact) mass is 208 g/mol. The summed E-state index contributed by atoms with van der Waals surface area (Å²) in [6.45, 7) is 6.53. The van der Waals surface area contributed by atoms with Crippen molar-refractivity contribution in [2.45, 2.75) is 31.7 Å². The van der Waals surface area contributed by atoms with Gasteiger partial charge in [0.2, 0.25) is 5.91 Å². The van der Waals surface area contributed by atoms with E-state index in [1.54, 1.807) is 0 Å². The minimum absolute atomic E-state index is 0.0906. The van der Waals surface area contributed by atoms with E-state index in [1.165, 1.54) is 25.5 Å². The van der Waals surface area contributed by atoms with Gasteiger partial charge in [0.05, 0.1) is 0 Å². The van der Waals surface area contributed by atoms with E-state index in [0.29, 0.717) is 6.04 Å². The topological polar surface area (TPSA) is 32.3 Å². The fourth-order valence-electron chi connectivity index (χ4n) is 2.77. The Hall–Kier alpha value is -0.830. The minimum atomic E-state index is 0.0906. The van der Waals surface area contributed by atoms with Gasteiger partial charge < -0.3 is 10.2 Å². The molecule has 2 fully saturated rings. The van der Waals surface area contributed by atoms with Crippen LogP contribution in [0.25, 0.3) is 0 Å². The van der Waals surface area contributed by atoms with Crippen LogP contribution in [0.1, 0.15) is 25.7 Å². The number of piperidine rings is 1. The first-order valence-electron chi connectivity index (χ1n) is 5.96. The highest BCUT2D eigenvalue weighted by Crippen LogP contribution is 2.25. The van der Waals surface area contributed by atoms with Crippen molar-refractivity contribution in [2.24, 2.45) is 5.92 Å². The molecule has 84 valence electrons. The third kappa shape index (κ3) is 2.40. The SMILES string of the molecule is C=CC(=O)N1CCC(C2CCCN2)CC1. The van der Waals surface area contributed by atoms with E-state index in [2.05, 4.69) is 11.9 Å². The summed E-state index contributed by atoms with van der Waals surface area (Å²) >= 11 is 0. The van der Waals surface area contributed by atoms with Gasteiger partial charge in [-0.1, -0.05) is 6.58 Å². The van der Waals surface area contributed by atoms with Gasteiger partial charge in [0.1, 0.15) is 0 Å². The Kier molecular flexibility index (Phi) is 3.41. The molecule has 15 heavy (non-hydrogen) atoms. The maximum absolute atomic E-state index is 11.4. The van der Waals surface area contributed by atoms with Gasteiger partial charge in [-0.15, -0.1) is 0 Å². The largest absolute Gasteiger partial charge is 0.339 e. The van der Waals surface area contributed by atoms with Crippen molar-refractivity contribution in [3.05, 3.63) is 12.7 Å². The Labute approximate surface area is 91.5 Å². The minimum Gasteiger partial charge on any atom is -0.339 e. The van der Waals surface area contributed by atoms with Crippen LogP contribution in [0, 0.1) is 5.92 Å². The highest BCUT2D eigenvalue weighted by Gasteiger charge is 2.29. The van der Waals surface area contributed by atoms with E-state index in [4.69, 9.17) is 0 Å². The Morgan fingerprint density at radius 1 is 1.33 bits per heavy atom. The highest BCUT2D eigenvalue weighted by molar-refractivity contribution is 5.87. The van der Waals surface area contributed by atoms with E-state index in [0.717, 1.165) is 31.8 Å². The molecule has 0 aromatic heterocycles. The molecule has 3 nitrogen and oxygen atoms in total. The molecule has 3 heteroatoms. The third-order valence-electron chi connectivity index (χ3n) is 3.69. The molecule has 2 saturated heterocycles. The molecule has 0 aliphatic carbocycles. The number of hydrogen-bond acceptors (Lipinski definition) is 2. The van der Waals surface area contributed by atoms with E-state index < -0.39 is 0 Å². The van der Waals surface area contributed by atoms with Crippen LogP contribution < -0.4 is 5.32 Å². The summed E-state index contributed by atoms with van der Waals surface area (Å²) in [7, 11) is 0. The predicted octanol–water partition coefficient (Wildman–Crippen LogP) is 1.16. The lowest BCUT2D eigenvalue weighted by Gasteiger charge is -2.34. The maximum atomic E-state index is 11.4. The lowest BCUT2D eigenvalue weighted by atomic mass is 9.88. The summed E-state index contributed by atoms with van der Waals surface area (Å²) in [6.07, 6.45) is 6.36. The van der Waals surface area contributed by atoms with Crippen molar-refractivity contribution in [1.82, 2.24) is 10.2 Å². The van der Waals surface area contributed by atoms with Crippen LogP contribution in [0.3, 0.4) is 0 Å². The molecule has 1 unspecified atom stereocenters. The summed E-state index contributed by atoms with van der Waals surface area (Å²) in [5.41, 5.74) is 0. The van der Waals surface area contributed by atoms with Crippen LogP contribution in [0.5, 0.6) is 0 Å². The van der Waals surface area contributed by atoms with Gasteiger partial charge >= 0.3 is 0 Å². The first-order valence-corrected chi connectivity index (χ1v) is 5.96. The fourth-order valence-corrected chi connectivity index (χ4v) is 2.77. The zero-order valence-corrected chi connectivity index (χ0v) is 9.24. The number of hydrogen-bond donors (Lipinski definition) is 1. The first-order chi connectivity index (χ1) is 7.31. The van der Waals surface area contributed by atoms with Crippen molar-refractivity contribution in [2.75, 3.05) is 19.6 Å². The predicted molar refractivity (Wildman–Crippen MR) is 60.5 cm³/mol. The highest BCUT2D eigenvalue weighted by atomic mass is 16.2. The van der Waals surface area contributed by atoms with Gasteiger partial charge in [0.25, 0.3) is 0 Å². The van der Waals surface area contributed by atoms with Gasteiger partial charge in [-0.2, -0.15) is 0 Å². The van der Waals surface area contributed by atoms with E-state index in [9.17, 15) is 4.79 Å². The van der Waals surface area contributed by atoms with Crippen molar-refractivity contribution >= 4 is 5.91 Å². The third-order valence-corrected chi connectivity index (χ3v) is 3.69. The zero-order valence-electron chi connectivity index (χ0n) is 9.24. The second kappa shape index (κ2) is 4.79. The molecule has 2 heterocycles. The van der Waals surface area contributed by atoms with Crippen LogP contribution in [0.4, 0.5) is 0 Å². The Morgan fingerprint density at radius 3 is 2.60 bits per heavy atom. The Bertz CT molecular complexity index is 238. The van der Waals surface area contributed by atoms with Gasteiger partial charge in [-0.3, -0.25) is 4.79 Å². The lowest BCUT2D eigenvalue weighted by molar-refractivity contribution is -0.127. The number of carbonyl (C=O) groups is 1. The van der Waals surface area contributed by atoms with Crippen LogP contribution in [0.15, 0.2) is 12.7 Å². The first kappa shape index (κ1) is 10.7. The summed E-state index contributed by atoms with van der Waals surface area (Å²) in [6, 6.07) is 0.714. The fraction of sp³-hybridized carbons (Fsp3) is 0.750. The summed E-state index contributed by atoms with van der Waals surface area (Å²) in [5, 5.41) is 3.56. The van der Waals surface area contributed by atoms with Gasteiger partial charge in [0, 0.05) is 19.1 Å². The summed E-state index contributed by atoms with van der Waals surface area (Å²) < 4.78 is 0. The van der Waals surface area contributed by atoms with Gasteiger partial charge in [-0.05, 0) is 44.2 Å². The number of nitrogens with zero attached hydrogens (tertiary/aromatic N) is 1. The van der Waals surface area contributed by atoms with Crippen LogP contribution in [-0.4, -0.2) is 36.5 Å². The summed E-state index contributed by atoms with van der Waals surface area (Å²) in [4.78, 5) is 13.3. The average molecular weight is 208 g/mol. The molecule has 2 aliphatic heterocycles. The van der Waals surface area contributed by atoms with Gasteiger partial charge in [0.15, 0.2) is 0 Å². The molecule has 1 amide bonds. The number of nitrogens with one attached hydrogen (secondary N) is 1. The molecule has 1 atom stereocenters.